The van der Waals surface area contributed by atoms with Gasteiger partial charge in [-0.2, -0.15) is 5.10 Å². The first-order valence-corrected chi connectivity index (χ1v) is 9.38. The lowest BCUT2D eigenvalue weighted by Gasteiger charge is -2.10. The van der Waals surface area contributed by atoms with Crippen molar-refractivity contribution in [3.05, 3.63) is 89.7 Å². The van der Waals surface area contributed by atoms with Crippen LogP contribution in [0.1, 0.15) is 5.56 Å². The molecule has 0 bridgehead atoms. The Morgan fingerprint density at radius 3 is 2.60 bits per heavy atom. The minimum Gasteiger partial charge on any atom is -0.340 e. The first-order valence-electron chi connectivity index (χ1n) is 9.00. The van der Waals surface area contributed by atoms with Crippen LogP contribution in [0.25, 0.3) is 5.82 Å². The molecule has 0 radical (unpaired) electrons. The van der Waals surface area contributed by atoms with Crippen LogP contribution in [0.5, 0.6) is 0 Å². The Morgan fingerprint density at radius 1 is 1.07 bits per heavy atom. The second kappa shape index (κ2) is 8.71. The van der Waals surface area contributed by atoms with Gasteiger partial charge in [-0.3, -0.25) is 4.79 Å². The molecule has 2 N–H and O–H groups in total. The topological polar surface area (TPSA) is 84.7 Å². The largest absolute Gasteiger partial charge is 0.340 e. The molecule has 2 aromatic heterocycles. The van der Waals surface area contributed by atoms with Crippen molar-refractivity contribution in [3.63, 3.8) is 0 Å². The lowest BCUT2D eigenvalue weighted by atomic mass is 10.1. The fourth-order valence-electron chi connectivity index (χ4n) is 2.80. The van der Waals surface area contributed by atoms with E-state index in [9.17, 15) is 9.18 Å². The third kappa shape index (κ3) is 4.61. The molecule has 9 heteroatoms. The summed E-state index contributed by atoms with van der Waals surface area (Å²) in [5.74, 6) is 0.369. The highest BCUT2D eigenvalue weighted by atomic mass is 35.5. The van der Waals surface area contributed by atoms with Crippen molar-refractivity contribution in [1.82, 2.24) is 19.7 Å². The zero-order valence-corrected chi connectivity index (χ0v) is 16.3. The van der Waals surface area contributed by atoms with Gasteiger partial charge in [-0.15, -0.1) is 0 Å². The van der Waals surface area contributed by atoms with Crippen molar-refractivity contribution in [2.45, 2.75) is 6.42 Å². The first kappa shape index (κ1) is 19.5. The Hall–Kier alpha value is -3.78. The van der Waals surface area contributed by atoms with Gasteiger partial charge in [0.15, 0.2) is 5.82 Å². The highest BCUT2D eigenvalue weighted by Gasteiger charge is 2.12. The Labute approximate surface area is 176 Å². The smallest absolute Gasteiger partial charge is 0.228 e. The summed E-state index contributed by atoms with van der Waals surface area (Å²) in [6, 6.07) is 15.0. The summed E-state index contributed by atoms with van der Waals surface area (Å²) < 4.78 is 15.5. The second-order valence-electron chi connectivity index (χ2n) is 6.34. The molecular formula is C21H16ClFN6O. The number of carbonyl (C=O) groups excluding carboxylic acids is 1. The number of hydrogen-bond acceptors (Lipinski definition) is 5. The summed E-state index contributed by atoms with van der Waals surface area (Å²) in [5, 5.41) is 10.3. The van der Waals surface area contributed by atoms with Crippen molar-refractivity contribution in [1.29, 1.82) is 0 Å². The number of rotatable bonds is 6. The molecule has 0 aliphatic heterocycles. The van der Waals surface area contributed by atoms with Crippen LogP contribution in [-0.2, 0) is 11.2 Å². The van der Waals surface area contributed by atoms with E-state index in [2.05, 4.69) is 25.7 Å². The van der Waals surface area contributed by atoms with Crippen molar-refractivity contribution >= 4 is 34.7 Å². The predicted octanol–water partition coefficient (Wildman–Crippen LogP) is 4.38. The number of nitrogens with one attached hydrogen (secondary N) is 2. The van der Waals surface area contributed by atoms with Gasteiger partial charge in [-0.05, 0) is 42.5 Å². The quantitative estimate of drug-likeness (QED) is 0.481. The number of nitrogens with zero attached hydrogens (tertiary/aromatic N) is 4. The minimum absolute atomic E-state index is 0.150. The summed E-state index contributed by atoms with van der Waals surface area (Å²) in [4.78, 5) is 20.6. The van der Waals surface area contributed by atoms with Crippen LogP contribution in [0.2, 0.25) is 5.02 Å². The maximum atomic E-state index is 13.8. The van der Waals surface area contributed by atoms with Crippen LogP contribution in [0.3, 0.4) is 0 Å². The normalized spacial score (nSPS) is 10.6. The third-order valence-electron chi connectivity index (χ3n) is 4.23. The molecule has 1 amide bonds. The summed E-state index contributed by atoms with van der Waals surface area (Å²) >= 11 is 5.97. The van der Waals surface area contributed by atoms with Crippen LogP contribution < -0.4 is 10.6 Å². The Balaban J connectivity index is 1.40. The molecule has 0 aliphatic rings. The third-order valence-corrected chi connectivity index (χ3v) is 4.59. The van der Waals surface area contributed by atoms with Gasteiger partial charge in [-0.25, -0.2) is 19.0 Å². The maximum Gasteiger partial charge on any atom is 0.228 e. The van der Waals surface area contributed by atoms with E-state index < -0.39 is 5.82 Å². The summed E-state index contributed by atoms with van der Waals surface area (Å²) in [6.07, 6.45) is 4.75. The van der Waals surface area contributed by atoms with E-state index in [0.717, 1.165) is 5.69 Å². The molecule has 0 aliphatic carbocycles. The van der Waals surface area contributed by atoms with Crippen LogP contribution in [0, 0.1) is 5.82 Å². The van der Waals surface area contributed by atoms with E-state index >= 15 is 0 Å². The number of benzene rings is 2. The van der Waals surface area contributed by atoms with Crippen LogP contribution in [0.15, 0.2) is 73.3 Å². The zero-order valence-electron chi connectivity index (χ0n) is 15.6. The Morgan fingerprint density at radius 2 is 1.87 bits per heavy atom. The highest BCUT2D eigenvalue weighted by molar-refractivity contribution is 6.31. The van der Waals surface area contributed by atoms with Gasteiger partial charge in [0.25, 0.3) is 0 Å². The first-order chi connectivity index (χ1) is 14.6. The van der Waals surface area contributed by atoms with Crippen molar-refractivity contribution in [2.75, 3.05) is 10.6 Å². The molecule has 2 heterocycles. The fraction of sp³-hybridized carbons (Fsp3) is 0.0476. The Kier molecular flexibility index (Phi) is 5.67. The Bertz CT molecular complexity index is 1140. The van der Waals surface area contributed by atoms with Crippen LogP contribution in [-0.4, -0.2) is 25.7 Å². The lowest BCUT2D eigenvalue weighted by molar-refractivity contribution is -0.115. The molecule has 0 unspecified atom stereocenters. The number of anilines is 3. The number of hydrogen-bond donors (Lipinski definition) is 2. The van der Waals surface area contributed by atoms with E-state index in [1.807, 2.05) is 6.07 Å². The molecule has 150 valence electrons. The molecule has 4 aromatic rings. The second-order valence-corrected chi connectivity index (χ2v) is 6.75. The standard InChI is InChI=1S/C21H16ClFN6O/c22-17-3-1-4-18(23)16(17)11-21(30)28-15-7-5-14(6-8-15)27-19-12-20(25-13-24-19)29-10-2-9-26-29/h1-10,12-13H,11H2,(H,28,30)(H,24,25,27). The molecule has 0 atom stereocenters. The van der Waals surface area contributed by atoms with Gasteiger partial charge in [0, 0.05) is 40.4 Å². The molecule has 0 fully saturated rings. The lowest BCUT2D eigenvalue weighted by Crippen LogP contribution is -2.15. The molecule has 0 saturated heterocycles. The number of halogens is 2. The predicted molar refractivity (Wildman–Crippen MR) is 113 cm³/mol. The zero-order chi connectivity index (χ0) is 20.9. The van der Waals surface area contributed by atoms with Gasteiger partial charge < -0.3 is 10.6 Å². The summed E-state index contributed by atoms with van der Waals surface area (Å²) in [7, 11) is 0. The van der Waals surface area contributed by atoms with Gasteiger partial charge >= 0.3 is 0 Å². The molecule has 0 spiro atoms. The molecule has 7 nitrogen and oxygen atoms in total. The monoisotopic (exact) mass is 422 g/mol. The number of aromatic nitrogens is 4. The van der Waals surface area contributed by atoms with Crippen molar-refractivity contribution in [3.8, 4) is 5.82 Å². The summed E-state index contributed by atoms with van der Waals surface area (Å²) in [5.41, 5.74) is 1.53. The van der Waals surface area contributed by atoms with E-state index in [4.69, 9.17) is 11.6 Å². The SMILES string of the molecule is O=C(Cc1c(F)cccc1Cl)Nc1ccc(Nc2cc(-n3cccn3)ncn2)cc1. The van der Waals surface area contributed by atoms with Crippen molar-refractivity contribution in [2.24, 2.45) is 0 Å². The van der Waals surface area contributed by atoms with Crippen molar-refractivity contribution < 1.29 is 9.18 Å². The molecule has 2 aromatic carbocycles. The average Bonchev–Trinajstić information content (AvgIpc) is 3.28. The van der Waals surface area contributed by atoms with Gasteiger partial charge in [0.1, 0.15) is 18.0 Å². The van der Waals surface area contributed by atoms with Gasteiger partial charge in [0.05, 0.1) is 6.42 Å². The number of amides is 1. The van der Waals surface area contributed by atoms with Crippen LogP contribution in [0.4, 0.5) is 21.6 Å². The highest BCUT2D eigenvalue weighted by Crippen LogP contribution is 2.21. The average molecular weight is 423 g/mol. The van der Waals surface area contributed by atoms with E-state index in [0.29, 0.717) is 17.3 Å². The van der Waals surface area contributed by atoms with Crippen LogP contribution >= 0.6 is 11.6 Å². The van der Waals surface area contributed by atoms with E-state index in [-0.39, 0.29) is 22.9 Å². The van der Waals surface area contributed by atoms with Gasteiger partial charge in [-0.1, -0.05) is 17.7 Å². The molecule has 4 rings (SSSR count). The molecular weight excluding hydrogens is 407 g/mol. The molecule has 0 saturated carbocycles. The maximum absolute atomic E-state index is 13.8. The van der Waals surface area contributed by atoms with E-state index in [1.54, 1.807) is 53.5 Å². The van der Waals surface area contributed by atoms with E-state index in [1.165, 1.54) is 18.5 Å². The minimum atomic E-state index is -0.503. The fourth-order valence-corrected chi connectivity index (χ4v) is 3.03. The molecule has 30 heavy (non-hydrogen) atoms. The van der Waals surface area contributed by atoms with Gasteiger partial charge in [0.2, 0.25) is 5.91 Å². The summed E-state index contributed by atoms with van der Waals surface area (Å²) in [6.45, 7) is 0. The number of carbonyl (C=O) groups is 1.